The molecular formula is C31H32N4O6. The predicted molar refractivity (Wildman–Crippen MR) is 152 cm³/mol. The number of allylic oxidation sites excluding steroid dienone is 2. The molecule has 2 atom stereocenters. The molecule has 1 aliphatic heterocycles. The van der Waals surface area contributed by atoms with Crippen LogP contribution in [0.25, 0.3) is 0 Å². The number of rotatable bonds is 10. The van der Waals surface area contributed by atoms with Gasteiger partial charge in [0.25, 0.3) is 5.69 Å². The number of likely N-dealkylation sites (N-methyl/N-ethyl adjacent to an activating group) is 1. The Kier molecular flexibility index (Phi) is 9.26. The van der Waals surface area contributed by atoms with Crippen LogP contribution in [0.15, 0.2) is 102 Å². The average Bonchev–Trinajstić information content (AvgIpc) is 2.97. The van der Waals surface area contributed by atoms with Gasteiger partial charge in [-0.05, 0) is 49.7 Å². The van der Waals surface area contributed by atoms with Gasteiger partial charge in [0.05, 0.1) is 29.1 Å². The molecule has 41 heavy (non-hydrogen) atoms. The van der Waals surface area contributed by atoms with Crippen LogP contribution in [0.4, 0.5) is 5.69 Å². The second kappa shape index (κ2) is 13.0. The van der Waals surface area contributed by atoms with Gasteiger partial charge in [0.1, 0.15) is 6.10 Å². The van der Waals surface area contributed by atoms with Gasteiger partial charge in [-0.1, -0.05) is 42.5 Å². The van der Waals surface area contributed by atoms with Crippen molar-refractivity contribution in [2.24, 2.45) is 0 Å². The maximum absolute atomic E-state index is 14.0. The Bertz CT molecular complexity index is 1490. The number of nitrogens with zero attached hydrogens (tertiary/aromatic N) is 3. The lowest BCUT2D eigenvalue weighted by molar-refractivity contribution is -0.384. The highest BCUT2D eigenvalue weighted by molar-refractivity contribution is 6.00. The third kappa shape index (κ3) is 6.85. The van der Waals surface area contributed by atoms with E-state index in [-0.39, 0.29) is 16.8 Å². The maximum Gasteiger partial charge on any atom is 0.337 e. The average molecular weight is 557 g/mol. The fourth-order valence-corrected chi connectivity index (χ4v) is 5.02. The monoisotopic (exact) mass is 556 g/mol. The normalized spacial score (nSPS) is 15.8. The maximum atomic E-state index is 14.0. The summed E-state index contributed by atoms with van der Waals surface area (Å²) in [5.41, 5.74) is 3.40. The topological polar surface area (TPSA) is 124 Å². The summed E-state index contributed by atoms with van der Waals surface area (Å²) in [5, 5.41) is 14.7. The van der Waals surface area contributed by atoms with Crippen molar-refractivity contribution in [3.63, 3.8) is 0 Å². The molecule has 10 heteroatoms. The van der Waals surface area contributed by atoms with Crippen LogP contribution in [0.2, 0.25) is 0 Å². The molecule has 2 unspecified atom stereocenters. The summed E-state index contributed by atoms with van der Waals surface area (Å²) in [6, 6.07) is 19.4. The molecule has 0 saturated carbocycles. The minimum atomic E-state index is -0.948. The Balaban J connectivity index is 1.71. The molecule has 2 heterocycles. The van der Waals surface area contributed by atoms with Crippen molar-refractivity contribution in [2.45, 2.75) is 32.4 Å². The Morgan fingerprint density at radius 3 is 2.29 bits per heavy atom. The number of nitro groups is 1. The van der Waals surface area contributed by atoms with E-state index >= 15 is 0 Å². The van der Waals surface area contributed by atoms with E-state index in [9.17, 15) is 19.7 Å². The van der Waals surface area contributed by atoms with Crippen molar-refractivity contribution in [1.82, 2.24) is 15.2 Å². The summed E-state index contributed by atoms with van der Waals surface area (Å²) in [6.07, 6.45) is 2.60. The third-order valence-corrected chi connectivity index (χ3v) is 6.90. The van der Waals surface area contributed by atoms with Gasteiger partial charge >= 0.3 is 11.9 Å². The number of pyridine rings is 1. The number of esters is 2. The Labute approximate surface area is 238 Å². The second-order valence-corrected chi connectivity index (χ2v) is 9.84. The first-order valence-corrected chi connectivity index (χ1v) is 13.0. The number of methoxy groups -OCH3 is 1. The fourth-order valence-electron chi connectivity index (χ4n) is 5.02. The Morgan fingerprint density at radius 1 is 1.00 bits per heavy atom. The van der Waals surface area contributed by atoms with Crippen molar-refractivity contribution >= 4 is 17.6 Å². The van der Waals surface area contributed by atoms with Gasteiger partial charge in [-0.2, -0.15) is 0 Å². The lowest BCUT2D eigenvalue weighted by Gasteiger charge is -2.32. The number of dihydropyridines is 1. The largest absolute Gasteiger partial charge is 0.466 e. The van der Waals surface area contributed by atoms with Crippen LogP contribution in [0.3, 0.4) is 0 Å². The van der Waals surface area contributed by atoms with Crippen LogP contribution >= 0.6 is 0 Å². The lowest BCUT2D eigenvalue weighted by atomic mass is 9.80. The van der Waals surface area contributed by atoms with E-state index in [1.54, 1.807) is 44.4 Å². The van der Waals surface area contributed by atoms with Crippen molar-refractivity contribution < 1.29 is 24.0 Å². The number of hydrogen-bond donors (Lipinski definition) is 1. The highest BCUT2D eigenvalue weighted by atomic mass is 16.6. The number of benzene rings is 2. The first-order valence-electron chi connectivity index (χ1n) is 13.0. The van der Waals surface area contributed by atoms with Gasteiger partial charge < -0.3 is 14.8 Å². The summed E-state index contributed by atoms with van der Waals surface area (Å²) in [7, 11) is 3.19. The molecule has 0 fully saturated rings. The first kappa shape index (κ1) is 29.2. The zero-order valence-corrected chi connectivity index (χ0v) is 23.4. The smallest absolute Gasteiger partial charge is 0.337 e. The number of aromatic nitrogens is 1. The Morgan fingerprint density at radius 2 is 1.66 bits per heavy atom. The molecule has 0 radical (unpaired) electrons. The molecule has 3 aromatic rings. The molecule has 1 N–H and O–H groups in total. The van der Waals surface area contributed by atoms with Crippen molar-refractivity contribution in [3.05, 3.63) is 128 Å². The predicted octanol–water partition coefficient (Wildman–Crippen LogP) is 4.81. The van der Waals surface area contributed by atoms with E-state index in [4.69, 9.17) is 9.47 Å². The molecule has 10 nitrogen and oxygen atoms in total. The second-order valence-electron chi connectivity index (χ2n) is 9.84. The summed E-state index contributed by atoms with van der Waals surface area (Å²) in [4.78, 5) is 44.2. The van der Waals surface area contributed by atoms with Crippen molar-refractivity contribution in [3.8, 4) is 0 Å². The molecular weight excluding hydrogens is 524 g/mol. The number of nitrogens with one attached hydrogen (secondary N) is 1. The van der Waals surface area contributed by atoms with E-state index in [2.05, 4.69) is 15.2 Å². The van der Waals surface area contributed by atoms with Gasteiger partial charge in [-0.25, -0.2) is 9.59 Å². The molecule has 212 valence electrons. The van der Waals surface area contributed by atoms with E-state index in [0.29, 0.717) is 30.0 Å². The minimum Gasteiger partial charge on any atom is -0.466 e. The quantitative estimate of drug-likeness (QED) is 0.213. The first-order chi connectivity index (χ1) is 19.7. The summed E-state index contributed by atoms with van der Waals surface area (Å²) in [6.45, 7) is 4.42. The number of non-ortho nitro benzene ring substituents is 1. The van der Waals surface area contributed by atoms with E-state index < -0.39 is 28.9 Å². The highest BCUT2D eigenvalue weighted by Gasteiger charge is 2.39. The van der Waals surface area contributed by atoms with Gasteiger partial charge in [-0.15, -0.1) is 0 Å². The number of carbonyl (C=O) groups is 2. The van der Waals surface area contributed by atoms with Crippen LogP contribution < -0.4 is 5.32 Å². The number of ether oxygens (including phenoxy) is 2. The standard InChI is InChI=1S/C31H32N4O6/c1-20-27(30(36)40-4)29(24-11-8-12-25(17-24)35(38)39)28(21(2)33-20)31(37)41-26(23-13-15-32-16-14-23)19-34(3)18-22-9-6-5-7-10-22/h5-17,26,29,33H,18-19H2,1-4H3. The van der Waals surface area contributed by atoms with Crippen molar-refractivity contribution in [2.75, 3.05) is 20.7 Å². The van der Waals surface area contributed by atoms with Gasteiger partial charge in [0.15, 0.2) is 0 Å². The molecule has 1 aliphatic rings. The number of hydrogen-bond acceptors (Lipinski definition) is 9. The third-order valence-electron chi connectivity index (χ3n) is 6.90. The molecule has 0 saturated heterocycles. The van der Waals surface area contributed by atoms with Crippen LogP contribution in [0, 0.1) is 10.1 Å². The molecule has 2 aromatic carbocycles. The molecule has 4 rings (SSSR count). The van der Waals surface area contributed by atoms with Crippen molar-refractivity contribution in [1.29, 1.82) is 0 Å². The van der Waals surface area contributed by atoms with Gasteiger partial charge in [0.2, 0.25) is 0 Å². The van der Waals surface area contributed by atoms with Gasteiger partial charge in [0, 0.05) is 49.0 Å². The summed E-state index contributed by atoms with van der Waals surface area (Å²) >= 11 is 0. The zero-order valence-electron chi connectivity index (χ0n) is 23.4. The molecule has 0 aliphatic carbocycles. The summed E-state index contributed by atoms with van der Waals surface area (Å²) < 4.78 is 11.2. The SMILES string of the molecule is COC(=O)C1=C(C)NC(C)=C(C(=O)OC(CN(C)Cc2ccccc2)c2ccncc2)C1c1cccc([N+](=O)[O-])c1. The van der Waals surface area contributed by atoms with Crippen LogP contribution in [0.5, 0.6) is 0 Å². The zero-order chi connectivity index (χ0) is 29.5. The molecule has 0 spiro atoms. The molecule has 0 bridgehead atoms. The number of carbonyl (C=O) groups excluding carboxylic acids is 2. The number of nitro benzene ring substituents is 1. The van der Waals surface area contributed by atoms with Crippen LogP contribution in [-0.2, 0) is 25.6 Å². The fraction of sp³-hybridized carbons (Fsp3) is 0.258. The van der Waals surface area contributed by atoms with Crippen LogP contribution in [-0.4, -0.2) is 47.4 Å². The lowest BCUT2D eigenvalue weighted by Crippen LogP contribution is -2.34. The van der Waals surface area contributed by atoms with Crippen LogP contribution in [0.1, 0.15) is 42.6 Å². The molecule has 1 aromatic heterocycles. The minimum absolute atomic E-state index is 0.162. The van der Waals surface area contributed by atoms with E-state index in [1.807, 2.05) is 37.4 Å². The van der Waals surface area contributed by atoms with E-state index in [1.165, 1.54) is 25.3 Å². The molecule has 0 amide bonds. The Hall–Kier alpha value is -4.83. The summed E-state index contributed by atoms with van der Waals surface area (Å²) in [5.74, 6) is -2.26. The van der Waals surface area contributed by atoms with E-state index in [0.717, 1.165) is 11.1 Å². The highest BCUT2D eigenvalue weighted by Crippen LogP contribution is 2.40. The van der Waals surface area contributed by atoms with Gasteiger partial charge in [-0.3, -0.25) is 20.0 Å².